The Morgan fingerprint density at radius 2 is 1.83 bits per heavy atom. The van der Waals surface area contributed by atoms with E-state index in [2.05, 4.69) is 42.1 Å². The summed E-state index contributed by atoms with van der Waals surface area (Å²) in [5.41, 5.74) is 6.22. The Balaban J connectivity index is 1.83. The lowest BCUT2D eigenvalue weighted by Gasteiger charge is -2.12. The van der Waals surface area contributed by atoms with E-state index in [1.165, 1.54) is 0 Å². The lowest BCUT2D eigenvalue weighted by atomic mass is 10.2. The first kappa shape index (κ1) is 20.5. The van der Waals surface area contributed by atoms with Gasteiger partial charge in [0.05, 0.1) is 4.92 Å². The quantitative estimate of drug-likeness (QED) is 0.350. The Morgan fingerprint density at radius 3 is 2.48 bits per heavy atom. The van der Waals surface area contributed by atoms with Gasteiger partial charge in [-0.3, -0.25) is 25.8 Å². The molecule has 0 radical (unpaired) electrons. The van der Waals surface area contributed by atoms with Gasteiger partial charge in [-0.05, 0) is 55.0 Å². The van der Waals surface area contributed by atoms with Crippen LogP contribution in [0, 0.1) is 17.0 Å². The van der Waals surface area contributed by atoms with E-state index >= 15 is 0 Å². The Kier molecular flexibility index (Phi) is 6.25. The van der Waals surface area contributed by atoms with Crippen LogP contribution >= 0.6 is 27.5 Å². The number of carbonyl (C=O) groups is 1. The van der Waals surface area contributed by atoms with Crippen LogP contribution in [0.4, 0.5) is 23.0 Å². The van der Waals surface area contributed by atoms with E-state index in [1.54, 1.807) is 49.4 Å². The number of benzene rings is 2. The molecule has 0 bridgehead atoms. The molecule has 3 rings (SSSR count). The number of amides is 1. The molecule has 0 fully saturated rings. The predicted molar refractivity (Wildman–Crippen MR) is 113 cm³/mol. The summed E-state index contributed by atoms with van der Waals surface area (Å²) in [5.74, 6) is -0.672. The van der Waals surface area contributed by atoms with E-state index in [1.807, 2.05) is 0 Å². The van der Waals surface area contributed by atoms with Crippen molar-refractivity contribution in [3.05, 3.63) is 79.5 Å². The number of anilines is 3. The van der Waals surface area contributed by atoms with Crippen molar-refractivity contribution in [2.75, 3.05) is 10.7 Å². The number of hydrazine groups is 1. The summed E-state index contributed by atoms with van der Waals surface area (Å²) < 4.78 is 0.821. The summed E-state index contributed by atoms with van der Waals surface area (Å²) in [6.07, 6.45) is 1.15. The molecule has 0 aliphatic carbocycles. The van der Waals surface area contributed by atoms with Crippen molar-refractivity contribution in [3.63, 3.8) is 0 Å². The molecule has 0 atom stereocenters. The minimum absolute atomic E-state index is 0.0317. The van der Waals surface area contributed by atoms with Crippen LogP contribution in [0.15, 0.2) is 53.3 Å². The number of aromatic nitrogens is 2. The first-order valence-electron chi connectivity index (χ1n) is 8.19. The molecule has 0 saturated carbocycles. The van der Waals surface area contributed by atoms with Gasteiger partial charge in [-0.25, -0.2) is 9.97 Å². The third-order valence-corrected chi connectivity index (χ3v) is 4.61. The highest BCUT2D eigenvalue weighted by Gasteiger charge is 2.24. The van der Waals surface area contributed by atoms with Crippen molar-refractivity contribution in [1.82, 2.24) is 15.4 Å². The maximum Gasteiger partial charge on any atom is 0.355 e. The van der Waals surface area contributed by atoms with Crippen molar-refractivity contribution in [2.24, 2.45) is 0 Å². The average molecular weight is 478 g/mol. The van der Waals surface area contributed by atoms with Gasteiger partial charge in [0, 0.05) is 20.7 Å². The summed E-state index contributed by atoms with van der Waals surface area (Å²) in [4.78, 5) is 31.1. The van der Waals surface area contributed by atoms with Gasteiger partial charge in [0.1, 0.15) is 6.33 Å². The van der Waals surface area contributed by atoms with E-state index in [-0.39, 0.29) is 11.6 Å². The topological polar surface area (TPSA) is 122 Å². The lowest BCUT2D eigenvalue weighted by Crippen LogP contribution is -2.30. The summed E-state index contributed by atoms with van der Waals surface area (Å²) in [6.45, 7) is 1.80. The second kappa shape index (κ2) is 8.84. The predicted octanol–water partition coefficient (Wildman–Crippen LogP) is 4.61. The molecule has 3 N–H and O–H groups in total. The highest BCUT2D eigenvalue weighted by molar-refractivity contribution is 9.10. The number of aryl methyl sites for hydroxylation is 1. The first-order chi connectivity index (χ1) is 13.8. The van der Waals surface area contributed by atoms with Gasteiger partial charge in [0.2, 0.25) is 11.6 Å². The number of nitro groups is 1. The minimum atomic E-state index is -0.637. The van der Waals surface area contributed by atoms with E-state index in [9.17, 15) is 14.9 Å². The normalized spacial score (nSPS) is 10.3. The minimum Gasteiger partial charge on any atom is -0.334 e. The third kappa shape index (κ3) is 4.98. The van der Waals surface area contributed by atoms with Crippen molar-refractivity contribution in [1.29, 1.82) is 0 Å². The van der Waals surface area contributed by atoms with Gasteiger partial charge in [-0.2, -0.15) is 0 Å². The summed E-state index contributed by atoms with van der Waals surface area (Å²) in [7, 11) is 0. The zero-order valence-corrected chi connectivity index (χ0v) is 17.3. The number of nitrogens with one attached hydrogen (secondary N) is 3. The Morgan fingerprint density at radius 1 is 1.14 bits per heavy atom. The smallest absolute Gasteiger partial charge is 0.334 e. The Bertz CT molecular complexity index is 1080. The van der Waals surface area contributed by atoms with Crippen molar-refractivity contribution < 1.29 is 9.72 Å². The molecule has 1 aromatic heterocycles. The summed E-state index contributed by atoms with van der Waals surface area (Å²) in [6, 6.07) is 11.7. The molecular formula is C18H14BrClN6O3. The average Bonchev–Trinajstić information content (AvgIpc) is 2.68. The molecule has 29 heavy (non-hydrogen) atoms. The van der Waals surface area contributed by atoms with Crippen molar-refractivity contribution in [3.8, 4) is 0 Å². The summed E-state index contributed by atoms with van der Waals surface area (Å²) >= 11 is 9.23. The number of hydrogen-bond donors (Lipinski definition) is 3. The number of rotatable bonds is 6. The Hall–Kier alpha value is -3.24. The van der Waals surface area contributed by atoms with Crippen molar-refractivity contribution in [2.45, 2.75) is 6.92 Å². The van der Waals surface area contributed by atoms with Gasteiger partial charge in [0.15, 0.2) is 0 Å². The molecule has 3 aromatic rings. The molecule has 0 aliphatic heterocycles. The number of nitrogens with zero attached hydrogens (tertiary/aromatic N) is 3. The van der Waals surface area contributed by atoms with Crippen LogP contribution in [-0.4, -0.2) is 20.8 Å². The highest BCUT2D eigenvalue weighted by Crippen LogP contribution is 2.32. The molecule has 0 unspecified atom stereocenters. The van der Waals surface area contributed by atoms with Crippen LogP contribution in [0.25, 0.3) is 0 Å². The molecule has 9 nitrogen and oxygen atoms in total. The van der Waals surface area contributed by atoms with Gasteiger partial charge >= 0.3 is 5.69 Å². The molecule has 148 valence electrons. The monoisotopic (exact) mass is 476 g/mol. The number of halogens is 2. The SMILES string of the molecule is Cc1cc(Cl)ccc1Nc1ncnc(NNC(=O)c2ccc(Br)cc2)c1[N+](=O)[O-]. The first-order valence-corrected chi connectivity index (χ1v) is 9.36. The lowest BCUT2D eigenvalue weighted by molar-refractivity contribution is -0.383. The third-order valence-electron chi connectivity index (χ3n) is 3.85. The van der Waals surface area contributed by atoms with E-state index < -0.39 is 16.5 Å². The molecule has 1 amide bonds. The van der Waals surface area contributed by atoms with Crippen LogP contribution in [0.1, 0.15) is 15.9 Å². The van der Waals surface area contributed by atoms with Crippen LogP contribution < -0.4 is 16.2 Å². The molecule has 0 saturated heterocycles. The maximum absolute atomic E-state index is 12.2. The zero-order valence-electron chi connectivity index (χ0n) is 14.9. The number of carbonyl (C=O) groups excluding carboxylic acids is 1. The van der Waals surface area contributed by atoms with Crippen molar-refractivity contribution >= 4 is 56.4 Å². The molecule has 0 aliphatic rings. The largest absolute Gasteiger partial charge is 0.355 e. The second-order valence-electron chi connectivity index (χ2n) is 5.85. The highest BCUT2D eigenvalue weighted by atomic mass is 79.9. The van der Waals surface area contributed by atoms with Crippen LogP contribution in [0.5, 0.6) is 0 Å². The molecular weight excluding hydrogens is 464 g/mol. The van der Waals surface area contributed by atoms with E-state index in [0.29, 0.717) is 16.3 Å². The van der Waals surface area contributed by atoms with E-state index in [4.69, 9.17) is 11.6 Å². The fraction of sp³-hybridized carbons (Fsp3) is 0.0556. The van der Waals surface area contributed by atoms with Gasteiger partial charge < -0.3 is 5.32 Å². The molecule has 1 heterocycles. The van der Waals surface area contributed by atoms with Crippen LogP contribution in [0.3, 0.4) is 0 Å². The molecule has 2 aromatic carbocycles. The van der Waals surface area contributed by atoms with Gasteiger partial charge in [-0.15, -0.1) is 0 Å². The standard InChI is InChI=1S/C18H14BrClN6O3/c1-10-8-13(20)6-7-14(10)23-16-15(26(28)29)17(22-9-21-16)24-25-18(27)11-2-4-12(19)5-3-11/h2-9H,1H3,(H,25,27)(H2,21,22,23,24). The fourth-order valence-corrected chi connectivity index (χ4v) is 2.91. The maximum atomic E-state index is 12.2. The van der Waals surface area contributed by atoms with Gasteiger partial charge in [0.25, 0.3) is 5.91 Å². The van der Waals surface area contributed by atoms with Gasteiger partial charge in [-0.1, -0.05) is 27.5 Å². The Labute approximate surface area is 178 Å². The van der Waals surface area contributed by atoms with E-state index in [0.717, 1.165) is 16.4 Å². The molecule has 11 heteroatoms. The number of hydrogen-bond acceptors (Lipinski definition) is 7. The second-order valence-corrected chi connectivity index (χ2v) is 7.20. The summed E-state index contributed by atoms with van der Waals surface area (Å²) in [5, 5.41) is 15.1. The molecule has 0 spiro atoms. The van der Waals surface area contributed by atoms with Crippen LogP contribution in [-0.2, 0) is 0 Å². The fourth-order valence-electron chi connectivity index (χ4n) is 2.42. The van der Waals surface area contributed by atoms with Crippen LogP contribution in [0.2, 0.25) is 5.02 Å². The zero-order chi connectivity index (χ0) is 21.0.